The monoisotopic (exact) mass is 458 g/mol. The maximum Gasteiger partial charge on any atom is 0.259 e. The van der Waals surface area contributed by atoms with Crippen molar-refractivity contribution in [2.75, 3.05) is 13.1 Å². The number of nitrogens with one attached hydrogen (secondary N) is 1. The van der Waals surface area contributed by atoms with E-state index in [1.807, 2.05) is 18.2 Å². The van der Waals surface area contributed by atoms with E-state index in [0.29, 0.717) is 59.4 Å². The van der Waals surface area contributed by atoms with Gasteiger partial charge in [0.25, 0.3) is 17.5 Å². The number of carbonyl (C=O) groups is 2. The van der Waals surface area contributed by atoms with Crippen LogP contribution in [0.5, 0.6) is 0 Å². The number of piperidine rings is 1. The maximum atomic E-state index is 13.5. The van der Waals surface area contributed by atoms with E-state index in [0.717, 1.165) is 0 Å². The number of amides is 2. The molecule has 8 heteroatoms. The highest BCUT2D eigenvalue weighted by molar-refractivity contribution is 6.07. The molecule has 0 unspecified atom stereocenters. The number of hydrogen-bond acceptors (Lipinski definition) is 5. The van der Waals surface area contributed by atoms with E-state index in [9.17, 15) is 14.0 Å². The fourth-order valence-corrected chi connectivity index (χ4v) is 4.29. The molecular formula is C26H23FN4O3. The fraction of sp³-hybridized carbons (Fsp3) is 0.231. The molecule has 1 fully saturated rings. The first-order chi connectivity index (χ1) is 16.5. The second kappa shape index (κ2) is 9.05. The number of benzene rings is 2. The van der Waals surface area contributed by atoms with Crippen molar-refractivity contribution < 1.29 is 18.5 Å². The Hall–Kier alpha value is -4.07. The van der Waals surface area contributed by atoms with Crippen LogP contribution < -0.4 is 5.32 Å². The highest BCUT2D eigenvalue weighted by Crippen LogP contribution is 2.29. The lowest BCUT2D eigenvalue weighted by Gasteiger charge is -2.32. The number of carbonyl (C=O) groups excluding carboxylic acids is 2. The van der Waals surface area contributed by atoms with E-state index in [4.69, 9.17) is 4.52 Å². The van der Waals surface area contributed by atoms with Crippen molar-refractivity contribution >= 4 is 22.9 Å². The molecule has 4 aromatic rings. The second-order valence-corrected chi connectivity index (χ2v) is 8.42. The molecule has 0 bridgehead atoms. The standard InChI is InChI=1S/C26H23FN4O3/c1-16-23-21(15-22(29-25(23)34-30-16)17-7-9-19(27)10-8-17)26(33)31-13-11-20(12-14-31)28-24(32)18-5-3-2-4-6-18/h2-10,15,20H,11-14H2,1H3,(H,28,32). The van der Waals surface area contributed by atoms with E-state index in [1.165, 1.54) is 12.1 Å². The molecule has 0 spiro atoms. The largest absolute Gasteiger partial charge is 0.349 e. The van der Waals surface area contributed by atoms with Crippen LogP contribution in [0.2, 0.25) is 0 Å². The average Bonchev–Trinajstić information content (AvgIpc) is 3.25. The Morgan fingerprint density at radius 2 is 1.76 bits per heavy atom. The summed E-state index contributed by atoms with van der Waals surface area (Å²) >= 11 is 0. The quantitative estimate of drug-likeness (QED) is 0.491. The van der Waals surface area contributed by atoms with Gasteiger partial charge in [0.2, 0.25) is 0 Å². The van der Waals surface area contributed by atoms with E-state index < -0.39 is 0 Å². The first-order valence-corrected chi connectivity index (χ1v) is 11.2. The van der Waals surface area contributed by atoms with Gasteiger partial charge in [0.05, 0.1) is 22.3 Å². The minimum Gasteiger partial charge on any atom is -0.349 e. The highest BCUT2D eigenvalue weighted by Gasteiger charge is 2.28. The first kappa shape index (κ1) is 21.8. The minimum atomic E-state index is -0.348. The molecule has 1 N–H and O–H groups in total. The zero-order valence-corrected chi connectivity index (χ0v) is 18.6. The number of halogens is 1. The third-order valence-electron chi connectivity index (χ3n) is 6.14. The molecule has 1 aliphatic rings. The zero-order valence-electron chi connectivity index (χ0n) is 18.6. The summed E-state index contributed by atoms with van der Waals surface area (Å²) in [7, 11) is 0. The predicted molar refractivity (Wildman–Crippen MR) is 125 cm³/mol. The lowest BCUT2D eigenvalue weighted by molar-refractivity contribution is 0.0700. The van der Waals surface area contributed by atoms with Crippen molar-refractivity contribution in [2.45, 2.75) is 25.8 Å². The van der Waals surface area contributed by atoms with Gasteiger partial charge in [-0.15, -0.1) is 0 Å². The van der Waals surface area contributed by atoms with Gasteiger partial charge in [-0.1, -0.05) is 23.4 Å². The number of aromatic nitrogens is 2. The molecule has 0 aliphatic carbocycles. The van der Waals surface area contributed by atoms with Crippen molar-refractivity contribution in [1.82, 2.24) is 20.4 Å². The van der Waals surface area contributed by atoms with E-state index in [2.05, 4.69) is 15.5 Å². The summed E-state index contributed by atoms with van der Waals surface area (Å²) in [6, 6.07) is 16.7. The van der Waals surface area contributed by atoms with Gasteiger partial charge in [-0.3, -0.25) is 9.59 Å². The summed E-state index contributed by atoms with van der Waals surface area (Å²) in [6.07, 6.45) is 1.32. The van der Waals surface area contributed by atoms with Crippen LogP contribution in [0.15, 0.2) is 65.2 Å². The van der Waals surface area contributed by atoms with Crippen LogP contribution in [0.4, 0.5) is 4.39 Å². The molecule has 0 saturated carbocycles. The molecule has 0 radical (unpaired) electrons. The molecule has 5 rings (SSSR count). The minimum absolute atomic E-state index is 0.00122. The number of likely N-dealkylation sites (tertiary alicyclic amines) is 1. The molecular weight excluding hydrogens is 435 g/mol. The summed E-state index contributed by atoms with van der Waals surface area (Å²) < 4.78 is 18.7. The molecule has 1 saturated heterocycles. The molecule has 7 nitrogen and oxygen atoms in total. The first-order valence-electron chi connectivity index (χ1n) is 11.2. The second-order valence-electron chi connectivity index (χ2n) is 8.42. The molecule has 2 aromatic carbocycles. The summed E-state index contributed by atoms with van der Waals surface area (Å²) in [5.41, 5.74) is 3.12. The average molecular weight is 458 g/mol. The molecule has 2 amide bonds. The summed E-state index contributed by atoms with van der Waals surface area (Å²) in [6.45, 7) is 2.80. The molecule has 3 heterocycles. The van der Waals surface area contributed by atoms with Crippen LogP contribution in [-0.4, -0.2) is 46.0 Å². The van der Waals surface area contributed by atoms with Crippen LogP contribution in [0.3, 0.4) is 0 Å². The van der Waals surface area contributed by atoms with Crippen molar-refractivity contribution in [3.63, 3.8) is 0 Å². The van der Waals surface area contributed by atoms with Gasteiger partial charge in [0.1, 0.15) is 5.82 Å². The highest BCUT2D eigenvalue weighted by atomic mass is 19.1. The van der Waals surface area contributed by atoms with E-state index in [1.54, 1.807) is 42.2 Å². The van der Waals surface area contributed by atoms with Crippen molar-refractivity contribution in [1.29, 1.82) is 0 Å². The predicted octanol–water partition coefficient (Wildman–Crippen LogP) is 4.37. The van der Waals surface area contributed by atoms with Crippen LogP contribution in [0.1, 0.15) is 39.3 Å². The smallest absolute Gasteiger partial charge is 0.259 e. The molecule has 34 heavy (non-hydrogen) atoms. The van der Waals surface area contributed by atoms with Gasteiger partial charge < -0.3 is 14.7 Å². The third kappa shape index (κ3) is 4.26. The summed E-state index contributed by atoms with van der Waals surface area (Å²) in [5, 5.41) is 7.63. The van der Waals surface area contributed by atoms with Gasteiger partial charge >= 0.3 is 0 Å². The summed E-state index contributed by atoms with van der Waals surface area (Å²) in [5.74, 6) is -0.598. The Morgan fingerprint density at radius 3 is 2.47 bits per heavy atom. The van der Waals surface area contributed by atoms with Gasteiger partial charge in [-0.2, -0.15) is 0 Å². The normalized spacial score (nSPS) is 14.4. The van der Waals surface area contributed by atoms with Crippen LogP contribution >= 0.6 is 0 Å². The van der Waals surface area contributed by atoms with Gasteiger partial charge in [-0.05, 0) is 62.2 Å². The molecule has 172 valence electrons. The topological polar surface area (TPSA) is 88.3 Å². The summed E-state index contributed by atoms with van der Waals surface area (Å²) in [4.78, 5) is 32.3. The third-order valence-corrected chi connectivity index (χ3v) is 6.14. The Morgan fingerprint density at radius 1 is 1.06 bits per heavy atom. The number of aryl methyl sites for hydroxylation is 1. The van der Waals surface area contributed by atoms with Crippen LogP contribution in [-0.2, 0) is 0 Å². The lowest BCUT2D eigenvalue weighted by atomic mass is 10.0. The van der Waals surface area contributed by atoms with Crippen LogP contribution in [0, 0.1) is 12.7 Å². The number of hydrogen-bond donors (Lipinski definition) is 1. The SMILES string of the molecule is Cc1noc2nc(-c3ccc(F)cc3)cc(C(=O)N3CCC(NC(=O)c4ccccc4)CC3)c12. The zero-order chi connectivity index (χ0) is 23.7. The Kier molecular flexibility index (Phi) is 5.79. The van der Waals surface area contributed by atoms with Crippen LogP contribution in [0.25, 0.3) is 22.4 Å². The Bertz CT molecular complexity index is 1340. The number of nitrogens with zero attached hydrogens (tertiary/aromatic N) is 3. The van der Waals surface area contributed by atoms with Gasteiger partial charge in [0.15, 0.2) is 0 Å². The van der Waals surface area contributed by atoms with E-state index in [-0.39, 0.29) is 29.4 Å². The maximum absolute atomic E-state index is 13.5. The van der Waals surface area contributed by atoms with Gasteiger partial charge in [-0.25, -0.2) is 9.37 Å². The Balaban J connectivity index is 1.35. The molecule has 1 aliphatic heterocycles. The van der Waals surface area contributed by atoms with Crippen molar-refractivity contribution in [2.24, 2.45) is 0 Å². The van der Waals surface area contributed by atoms with Crippen molar-refractivity contribution in [3.05, 3.63) is 83.3 Å². The number of rotatable bonds is 4. The number of pyridine rings is 1. The Labute approximate surface area is 195 Å². The van der Waals surface area contributed by atoms with E-state index >= 15 is 0 Å². The lowest BCUT2D eigenvalue weighted by Crippen LogP contribution is -2.46. The number of fused-ring (bicyclic) bond motifs is 1. The van der Waals surface area contributed by atoms with Crippen molar-refractivity contribution in [3.8, 4) is 11.3 Å². The fourth-order valence-electron chi connectivity index (χ4n) is 4.29. The molecule has 2 aromatic heterocycles. The van der Waals surface area contributed by atoms with Gasteiger partial charge in [0, 0.05) is 30.3 Å². The molecule has 0 atom stereocenters.